The summed E-state index contributed by atoms with van der Waals surface area (Å²) in [7, 11) is -3.93. The second-order valence-corrected chi connectivity index (χ2v) is 8.80. The summed E-state index contributed by atoms with van der Waals surface area (Å²) < 4.78 is 23.6. The Bertz CT molecular complexity index is 1140. The number of nitrogens with two attached hydrogens (primary N) is 1. The molecule has 1 heterocycles. The fourth-order valence-corrected chi connectivity index (χ4v) is 3.45. The molecular formula is C18H18BrN5O3S. The topological polar surface area (TPSA) is 131 Å². The highest BCUT2D eigenvalue weighted by Crippen LogP contribution is 2.28. The first kappa shape index (κ1) is 20.2. The molecule has 0 saturated heterocycles. The molecule has 0 aliphatic rings. The maximum atomic E-state index is 12.8. The fourth-order valence-electron chi connectivity index (χ4n) is 2.49. The van der Waals surface area contributed by atoms with Gasteiger partial charge in [-0.3, -0.25) is 9.89 Å². The molecule has 2 aromatic carbocycles. The first-order valence-electron chi connectivity index (χ1n) is 8.32. The van der Waals surface area contributed by atoms with Gasteiger partial charge in [0.25, 0.3) is 5.91 Å². The van der Waals surface area contributed by atoms with Gasteiger partial charge in [0.2, 0.25) is 10.0 Å². The quantitative estimate of drug-likeness (QED) is 0.534. The Morgan fingerprint density at radius 1 is 1.21 bits per heavy atom. The van der Waals surface area contributed by atoms with E-state index >= 15 is 0 Å². The largest absolute Gasteiger partial charge is 0.321 e. The monoisotopic (exact) mass is 463 g/mol. The standard InChI is InChI=1S/C18H18BrN5O3S/c1-10(2)16-22-17(24-23-16)12-5-3-4-6-15(12)21-18(25)13-9-11(28(20,26)27)7-8-14(13)19/h3-10H,1-2H3,(H,21,25)(H2,20,26,27)(H,22,23,24). The van der Waals surface area contributed by atoms with Crippen LogP contribution in [-0.4, -0.2) is 29.5 Å². The number of nitrogens with zero attached hydrogens (tertiary/aromatic N) is 2. The Morgan fingerprint density at radius 3 is 2.57 bits per heavy atom. The number of sulfonamides is 1. The summed E-state index contributed by atoms with van der Waals surface area (Å²) in [5.74, 6) is 0.876. The number of hydrogen-bond donors (Lipinski definition) is 3. The SMILES string of the molecule is CC(C)c1nc(-c2ccccc2NC(=O)c2cc(S(N)(=O)=O)ccc2Br)n[nH]1. The van der Waals surface area contributed by atoms with E-state index in [0.29, 0.717) is 21.5 Å². The molecule has 8 nitrogen and oxygen atoms in total. The molecule has 0 fully saturated rings. The zero-order valence-corrected chi connectivity index (χ0v) is 17.5. The molecule has 3 rings (SSSR count). The van der Waals surface area contributed by atoms with E-state index in [0.717, 1.165) is 5.82 Å². The van der Waals surface area contributed by atoms with Crippen molar-refractivity contribution in [3.05, 3.63) is 58.3 Å². The van der Waals surface area contributed by atoms with Crippen LogP contribution in [0.3, 0.4) is 0 Å². The fraction of sp³-hybridized carbons (Fsp3) is 0.167. The number of hydrogen-bond acceptors (Lipinski definition) is 5. The highest BCUT2D eigenvalue weighted by molar-refractivity contribution is 9.10. The van der Waals surface area contributed by atoms with Crippen molar-refractivity contribution >= 4 is 37.5 Å². The Labute approximate surface area is 170 Å². The maximum Gasteiger partial charge on any atom is 0.256 e. The summed E-state index contributed by atoms with van der Waals surface area (Å²) in [6, 6.07) is 11.1. The molecule has 0 spiro atoms. The molecular weight excluding hydrogens is 446 g/mol. The number of benzene rings is 2. The Hall–Kier alpha value is -2.56. The summed E-state index contributed by atoms with van der Waals surface area (Å²) in [5, 5.41) is 15.1. The third kappa shape index (κ3) is 4.29. The summed E-state index contributed by atoms with van der Waals surface area (Å²) in [6.45, 7) is 3.99. The van der Waals surface area contributed by atoms with Crippen molar-refractivity contribution in [1.29, 1.82) is 0 Å². The van der Waals surface area contributed by atoms with Crippen molar-refractivity contribution < 1.29 is 13.2 Å². The van der Waals surface area contributed by atoms with Gasteiger partial charge in [-0.2, -0.15) is 5.10 Å². The minimum absolute atomic E-state index is 0.138. The van der Waals surface area contributed by atoms with Crippen LogP contribution in [0, 0.1) is 0 Å². The molecule has 0 radical (unpaired) electrons. The molecule has 1 amide bonds. The smallest absolute Gasteiger partial charge is 0.256 e. The predicted molar refractivity (Wildman–Crippen MR) is 109 cm³/mol. The summed E-state index contributed by atoms with van der Waals surface area (Å²) >= 11 is 3.27. The van der Waals surface area contributed by atoms with Gasteiger partial charge in [0.15, 0.2) is 5.82 Å². The van der Waals surface area contributed by atoms with Crippen molar-refractivity contribution in [3.8, 4) is 11.4 Å². The first-order chi connectivity index (χ1) is 13.2. The highest BCUT2D eigenvalue weighted by Gasteiger charge is 2.18. The lowest BCUT2D eigenvalue weighted by Gasteiger charge is -2.11. The summed E-state index contributed by atoms with van der Waals surface area (Å²) in [4.78, 5) is 17.1. The minimum Gasteiger partial charge on any atom is -0.321 e. The van der Waals surface area contributed by atoms with Gasteiger partial charge in [-0.1, -0.05) is 26.0 Å². The predicted octanol–water partition coefficient (Wildman–Crippen LogP) is 3.26. The molecule has 0 bridgehead atoms. The first-order valence-corrected chi connectivity index (χ1v) is 10.7. The number of carbonyl (C=O) groups is 1. The molecule has 0 aliphatic carbocycles. The average Bonchev–Trinajstić information content (AvgIpc) is 3.11. The molecule has 0 saturated carbocycles. The second kappa shape index (κ2) is 7.82. The molecule has 146 valence electrons. The third-order valence-electron chi connectivity index (χ3n) is 3.98. The van der Waals surface area contributed by atoms with E-state index in [-0.39, 0.29) is 16.4 Å². The molecule has 4 N–H and O–H groups in total. The number of primary sulfonamides is 1. The van der Waals surface area contributed by atoms with Gasteiger partial charge in [0, 0.05) is 16.0 Å². The second-order valence-electron chi connectivity index (χ2n) is 6.39. The van der Waals surface area contributed by atoms with Crippen LogP contribution >= 0.6 is 15.9 Å². The number of rotatable bonds is 5. The van der Waals surface area contributed by atoms with Crippen LogP contribution in [0.4, 0.5) is 5.69 Å². The number of nitrogens with one attached hydrogen (secondary N) is 2. The molecule has 28 heavy (non-hydrogen) atoms. The summed E-state index contributed by atoms with van der Waals surface area (Å²) in [6.07, 6.45) is 0. The van der Waals surface area contributed by atoms with E-state index in [2.05, 4.69) is 36.4 Å². The number of halogens is 1. The van der Waals surface area contributed by atoms with E-state index in [9.17, 15) is 13.2 Å². The molecule has 3 aromatic rings. The maximum absolute atomic E-state index is 12.8. The Kier molecular flexibility index (Phi) is 5.64. The molecule has 1 aromatic heterocycles. The van der Waals surface area contributed by atoms with Crippen LogP contribution in [0.15, 0.2) is 51.8 Å². The molecule has 0 unspecified atom stereocenters. The van der Waals surface area contributed by atoms with Crippen LogP contribution in [0.25, 0.3) is 11.4 Å². The molecule has 0 atom stereocenters. The van der Waals surface area contributed by atoms with E-state index in [1.807, 2.05) is 19.9 Å². The van der Waals surface area contributed by atoms with E-state index in [1.165, 1.54) is 18.2 Å². The van der Waals surface area contributed by atoms with Crippen molar-refractivity contribution in [2.45, 2.75) is 24.7 Å². The third-order valence-corrected chi connectivity index (χ3v) is 5.58. The van der Waals surface area contributed by atoms with Gasteiger partial charge in [0.05, 0.1) is 16.1 Å². The number of aromatic amines is 1. The van der Waals surface area contributed by atoms with Crippen LogP contribution in [0.1, 0.15) is 35.9 Å². The van der Waals surface area contributed by atoms with Crippen LogP contribution < -0.4 is 10.5 Å². The number of carbonyl (C=O) groups excluding carboxylic acids is 1. The lowest BCUT2D eigenvalue weighted by Crippen LogP contribution is -2.16. The van der Waals surface area contributed by atoms with Crippen molar-refractivity contribution in [3.63, 3.8) is 0 Å². The van der Waals surface area contributed by atoms with Gasteiger partial charge in [-0.05, 0) is 46.3 Å². The van der Waals surface area contributed by atoms with Gasteiger partial charge in [0.1, 0.15) is 5.82 Å². The molecule has 0 aliphatic heterocycles. The Morgan fingerprint density at radius 2 is 1.93 bits per heavy atom. The van der Waals surface area contributed by atoms with Crippen molar-refractivity contribution in [2.24, 2.45) is 5.14 Å². The number of anilines is 1. The Balaban J connectivity index is 1.96. The number of amides is 1. The average molecular weight is 464 g/mol. The van der Waals surface area contributed by atoms with E-state index < -0.39 is 15.9 Å². The molecule has 10 heteroatoms. The van der Waals surface area contributed by atoms with Crippen LogP contribution in [0.2, 0.25) is 0 Å². The van der Waals surface area contributed by atoms with Gasteiger partial charge in [-0.25, -0.2) is 18.5 Å². The van der Waals surface area contributed by atoms with Crippen LogP contribution in [0.5, 0.6) is 0 Å². The van der Waals surface area contributed by atoms with Crippen molar-refractivity contribution in [1.82, 2.24) is 15.2 Å². The highest BCUT2D eigenvalue weighted by atomic mass is 79.9. The number of H-pyrrole nitrogens is 1. The van der Waals surface area contributed by atoms with Gasteiger partial charge in [-0.15, -0.1) is 0 Å². The lowest BCUT2D eigenvalue weighted by molar-refractivity contribution is 0.102. The number of aromatic nitrogens is 3. The van der Waals surface area contributed by atoms with Gasteiger partial charge >= 0.3 is 0 Å². The summed E-state index contributed by atoms with van der Waals surface area (Å²) in [5.41, 5.74) is 1.27. The van der Waals surface area contributed by atoms with Crippen LogP contribution in [-0.2, 0) is 10.0 Å². The van der Waals surface area contributed by atoms with Gasteiger partial charge < -0.3 is 5.32 Å². The van der Waals surface area contributed by atoms with Crippen molar-refractivity contribution in [2.75, 3.05) is 5.32 Å². The van der Waals surface area contributed by atoms with E-state index in [1.54, 1.807) is 18.2 Å². The zero-order chi connectivity index (χ0) is 20.5. The lowest BCUT2D eigenvalue weighted by atomic mass is 10.1. The van der Waals surface area contributed by atoms with E-state index in [4.69, 9.17) is 5.14 Å². The zero-order valence-electron chi connectivity index (χ0n) is 15.1. The normalized spacial score (nSPS) is 11.6. The minimum atomic E-state index is -3.93. The number of para-hydroxylation sites is 1.